The van der Waals surface area contributed by atoms with Crippen LogP contribution in [0.2, 0.25) is 0 Å². The number of rotatable bonds is 6. The lowest BCUT2D eigenvalue weighted by molar-refractivity contribution is -0.139. The summed E-state index contributed by atoms with van der Waals surface area (Å²) in [6, 6.07) is 7.25. The Morgan fingerprint density at radius 1 is 1.13 bits per heavy atom. The summed E-state index contributed by atoms with van der Waals surface area (Å²) in [4.78, 5) is 38.9. The molecule has 9 nitrogen and oxygen atoms in total. The molecule has 2 aromatic rings. The molecule has 1 aliphatic rings. The summed E-state index contributed by atoms with van der Waals surface area (Å²) < 4.78 is 8.90. The average molecular weight is 432 g/mol. The number of nitrogens with zero attached hydrogens (tertiary/aromatic N) is 3. The van der Waals surface area contributed by atoms with E-state index in [0.29, 0.717) is 30.2 Å². The second-order valence-electron chi connectivity index (χ2n) is 7.16. The number of aryl methyl sites for hydroxylation is 1. The Morgan fingerprint density at radius 2 is 1.80 bits per heavy atom. The van der Waals surface area contributed by atoms with E-state index >= 15 is 0 Å². The molecule has 1 aliphatic heterocycles. The zero-order chi connectivity index (χ0) is 21.5. The van der Waals surface area contributed by atoms with Gasteiger partial charge in [-0.3, -0.25) is 14.4 Å². The highest BCUT2D eigenvalue weighted by Gasteiger charge is 2.26. The Kier molecular flexibility index (Phi) is 7.34. The van der Waals surface area contributed by atoms with Crippen molar-refractivity contribution in [2.45, 2.75) is 26.3 Å². The van der Waals surface area contributed by atoms with Crippen LogP contribution in [0.4, 0.5) is 0 Å². The fraction of sp³-hybridized carbons (Fsp3) is 0.450. The molecule has 2 N–H and O–H groups in total. The molecule has 10 heteroatoms. The van der Waals surface area contributed by atoms with Gasteiger partial charge >= 0.3 is 11.8 Å². The molecule has 0 radical (unpaired) electrons. The van der Waals surface area contributed by atoms with Crippen molar-refractivity contribution < 1.29 is 19.1 Å². The zero-order valence-corrected chi connectivity index (χ0v) is 17.8. The monoisotopic (exact) mass is 431 g/mol. The molecule has 2 heterocycles. The number of ether oxygens (including phenoxy) is 1. The van der Waals surface area contributed by atoms with E-state index in [0.717, 1.165) is 35.7 Å². The minimum absolute atomic E-state index is 0.0390. The largest absolute Gasteiger partial charge is 0.497 e. The molecule has 0 unspecified atom stereocenters. The van der Waals surface area contributed by atoms with Crippen molar-refractivity contribution >= 4 is 29.3 Å². The number of nitrogens with one attached hydrogen (secondary N) is 2. The van der Waals surface area contributed by atoms with Crippen LogP contribution in [0.5, 0.6) is 5.75 Å². The first-order valence-corrected chi connectivity index (χ1v) is 10.5. The van der Waals surface area contributed by atoms with Crippen molar-refractivity contribution in [3.8, 4) is 5.75 Å². The van der Waals surface area contributed by atoms with Gasteiger partial charge in [0.1, 0.15) is 10.6 Å². The van der Waals surface area contributed by atoms with E-state index in [1.165, 1.54) is 0 Å². The molecule has 0 atom stereocenters. The van der Waals surface area contributed by atoms with Crippen LogP contribution < -0.4 is 15.4 Å². The normalized spacial score (nSPS) is 14.3. The second-order valence-corrected chi connectivity index (χ2v) is 7.92. The number of carbonyl (C=O) groups excluding carboxylic acids is 3. The Morgan fingerprint density at radius 3 is 2.40 bits per heavy atom. The van der Waals surface area contributed by atoms with E-state index in [9.17, 15) is 14.4 Å². The van der Waals surface area contributed by atoms with Crippen LogP contribution in [0.3, 0.4) is 0 Å². The first-order chi connectivity index (χ1) is 14.5. The van der Waals surface area contributed by atoms with Crippen LogP contribution in [0.15, 0.2) is 24.3 Å². The highest BCUT2D eigenvalue weighted by Crippen LogP contribution is 2.20. The fourth-order valence-corrected chi connectivity index (χ4v) is 3.86. The summed E-state index contributed by atoms with van der Waals surface area (Å²) >= 11 is 1.11. The Labute approximate surface area is 179 Å². The molecule has 0 aliphatic carbocycles. The number of aromatic nitrogens is 2. The van der Waals surface area contributed by atoms with Crippen LogP contribution >= 0.6 is 11.5 Å². The van der Waals surface area contributed by atoms with Crippen molar-refractivity contribution in [1.82, 2.24) is 25.1 Å². The first kappa shape index (κ1) is 21.7. The molecule has 1 fully saturated rings. The standard InChI is InChI=1S/C20H25N5O4S/c1-13-17(30-24-23-13)20(28)25-9-7-15(8-10-25)12-22-19(27)18(26)21-11-14-3-5-16(29-2)6-4-14/h3-6,15H,7-12H2,1-2H3,(H,21,26)(H,22,27). The maximum absolute atomic E-state index is 12.5. The summed E-state index contributed by atoms with van der Waals surface area (Å²) in [7, 11) is 1.59. The van der Waals surface area contributed by atoms with E-state index in [1.54, 1.807) is 31.1 Å². The number of carbonyl (C=O) groups is 3. The Hall–Kier alpha value is -3.01. The van der Waals surface area contributed by atoms with Gasteiger partial charge in [-0.15, -0.1) is 5.10 Å². The summed E-state index contributed by atoms with van der Waals surface area (Å²) in [6.45, 7) is 3.68. The number of hydrogen-bond donors (Lipinski definition) is 2. The lowest BCUT2D eigenvalue weighted by atomic mass is 9.96. The molecule has 1 aromatic heterocycles. The maximum Gasteiger partial charge on any atom is 0.309 e. The van der Waals surface area contributed by atoms with Gasteiger partial charge in [0, 0.05) is 26.2 Å². The molecule has 3 rings (SSSR count). The van der Waals surface area contributed by atoms with E-state index in [1.807, 2.05) is 12.1 Å². The van der Waals surface area contributed by atoms with Crippen molar-refractivity contribution in [1.29, 1.82) is 0 Å². The van der Waals surface area contributed by atoms with Crippen molar-refractivity contribution in [3.05, 3.63) is 40.4 Å². The molecule has 0 saturated carbocycles. The molecule has 30 heavy (non-hydrogen) atoms. The van der Waals surface area contributed by atoms with Gasteiger partial charge in [-0.1, -0.05) is 16.6 Å². The number of benzene rings is 1. The van der Waals surface area contributed by atoms with Gasteiger partial charge in [-0.05, 0) is 54.9 Å². The Balaban J connectivity index is 1.37. The van der Waals surface area contributed by atoms with E-state index in [2.05, 4.69) is 20.2 Å². The molecule has 3 amide bonds. The predicted octanol–water partition coefficient (Wildman–Crippen LogP) is 1.14. The van der Waals surface area contributed by atoms with Crippen LogP contribution in [0, 0.1) is 12.8 Å². The van der Waals surface area contributed by atoms with Gasteiger partial charge in [-0.2, -0.15) is 0 Å². The molecule has 1 aromatic carbocycles. The maximum atomic E-state index is 12.5. The Bertz CT molecular complexity index is 891. The smallest absolute Gasteiger partial charge is 0.309 e. The van der Waals surface area contributed by atoms with E-state index in [-0.39, 0.29) is 18.4 Å². The van der Waals surface area contributed by atoms with Crippen molar-refractivity contribution in [3.63, 3.8) is 0 Å². The second kappa shape index (κ2) is 10.1. The topological polar surface area (TPSA) is 114 Å². The third-order valence-electron chi connectivity index (χ3n) is 5.12. The SMILES string of the molecule is COc1ccc(CNC(=O)C(=O)NCC2CCN(C(=O)c3snnc3C)CC2)cc1. The number of hydrogen-bond acceptors (Lipinski definition) is 7. The summed E-state index contributed by atoms with van der Waals surface area (Å²) in [5.74, 6) is -0.384. The van der Waals surface area contributed by atoms with E-state index < -0.39 is 11.8 Å². The summed E-state index contributed by atoms with van der Waals surface area (Å²) in [5, 5.41) is 9.19. The van der Waals surface area contributed by atoms with Crippen molar-refractivity contribution in [2.75, 3.05) is 26.7 Å². The molecule has 0 spiro atoms. The van der Waals surface area contributed by atoms with Gasteiger partial charge in [0.2, 0.25) is 0 Å². The third-order valence-corrected chi connectivity index (χ3v) is 5.93. The summed E-state index contributed by atoms with van der Waals surface area (Å²) in [5.41, 5.74) is 1.53. The fourth-order valence-electron chi connectivity index (χ4n) is 3.23. The van der Waals surface area contributed by atoms with Crippen molar-refractivity contribution in [2.24, 2.45) is 5.92 Å². The van der Waals surface area contributed by atoms with Gasteiger partial charge in [-0.25, -0.2) is 0 Å². The van der Waals surface area contributed by atoms with Gasteiger partial charge in [0.15, 0.2) is 0 Å². The summed E-state index contributed by atoms with van der Waals surface area (Å²) in [6.07, 6.45) is 1.54. The lowest BCUT2D eigenvalue weighted by Crippen LogP contribution is -2.44. The molecular weight excluding hydrogens is 406 g/mol. The first-order valence-electron chi connectivity index (χ1n) is 9.75. The van der Waals surface area contributed by atoms with Crippen LogP contribution in [0.25, 0.3) is 0 Å². The molecule has 1 saturated heterocycles. The quantitative estimate of drug-likeness (QED) is 0.663. The lowest BCUT2D eigenvalue weighted by Gasteiger charge is -2.31. The van der Waals surface area contributed by atoms with Gasteiger partial charge < -0.3 is 20.3 Å². The van der Waals surface area contributed by atoms with Crippen LogP contribution in [-0.2, 0) is 16.1 Å². The van der Waals surface area contributed by atoms with Crippen LogP contribution in [0.1, 0.15) is 33.8 Å². The third kappa shape index (κ3) is 5.53. The molecule has 0 bridgehead atoms. The van der Waals surface area contributed by atoms with Crippen LogP contribution in [-0.4, -0.2) is 59.0 Å². The number of piperidine rings is 1. The van der Waals surface area contributed by atoms with Gasteiger partial charge in [0.25, 0.3) is 5.91 Å². The molecular formula is C20H25N5O4S. The van der Waals surface area contributed by atoms with Gasteiger partial charge in [0.05, 0.1) is 12.8 Å². The molecule has 160 valence electrons. The zero-order valence-electron chi connectivity index (χ0n) is 17.0. The average Bonchev–Trinajstić information content (AvgIpc) is 3.21. The number of amides is 3. The highest BCUT2D eigenvalue weighted by molar-refractivity contribution is 7.07. The van der Waals surface area contributed by atoms with E-state index in [4.69, 9.17) is 4.74 Å². The highest BCUT2D eigenvalue weighted by atomic mass is 32.1. The number of methoxy groups -OCH3 is 1. The predicted molar refractivity (Wildman–Crippen MR) is 111 cm³/mol. The minimum atomic E-state index is -0.661. The number of likely N-dealkylation sites (tertiary alicyclic amines) is 1. The minimum Gasteiger partial charge on any atom is -0.497 e.